The molecule has 1 aliphatic rings. The van der Waals surface area contributed by atoms with Gasteiger partial charge in [0.1, 0.15) is 0 Å². The molecule has 0 atom stereocenters. The predicted molar refractivity (Wildman–Crippen MR) is 90.5 cm³/mol. The zero-order valence-electron chi connectivity index (χ0n) is 13.8. The number of rotatable bonds is 3. The van der Waals surface area contributed by atoms with E-state index in [9.17, 15) is 0 Å². The van der Waals surface area contributed by atoms with Crippen LogP contribution in [0, 0.1) is 6.92 Å². The van der Waals surface area contributed by atoms with E-state index in [4.69, 9.17) is 5.21 Å². The van der Waals surface area contributed by atoms with Gasteiger partial charge in [0, 0.05) is 25.3 Å². The second-order valence-electron chi connectivity index (χ2n) is 6.00. The summed E-state index contributed by atoms with van der Waals surface area (Å²) < 4.78 is 0. The van der Waals surface area contributed by atoms with Crippen LogP contribution in [0.4, 0.5) is 5.69 Å². The second kappa shape index (κ2) is 5.76. The minimum Gasteiger partial charge on any atom is -0.411 e. The highest BCUT2D eigenvalue weighted by Crippen LogP contribution is 2.40. The van der Waals surface area contributed by atoms with E-state index in [2.05, 4.69) is 49.9 Å². The van der Waals surface area contributed by atoms with Crippen LogP contribution in [0.5, 0.6) is 0 Å². The quantitative estimate of drug-likeness (QED) is 0.508. The molecule has 21 heavy (non-hydrogen) atoms. The fourth-order valence-corrected chi connectivity index (χ4v) is 3.06. The lowest BCUT2D eigenvalue weighted by atomic mass is 9.92. The maximum atomic E-state index is 9.04. The minimum atomic E-state index is 0.977. The fraction of sp³-hybridized carbons (Fsp3) is 0.389. The van der Waals surface area contributed by atoms with Gasteiger partial charge in [-0.2, -0.15) is 0 Å². The van der Waals surface area contributed by atoms with E-state index in [1.807, 2.05) is 14.1 Å². The van der Waals surface area contributed by atoms with Gasteiger partial charge in [-0.05, 0) is 68.0 Å². The largest absolute Gasteiger partial charge is 0.411 e. The Kier molecular flexibility index (Phi) is 4.21. The number of hydrogen-bond acceptors (Lipinski definition) is 3. The van der Waals surface area contributed by atoms with Crippen LogP contribution in [0.25, 0.3) is 5.57 Å². The van der Waals surface area contributed by atoms with Crippen molar-refractivity contribution in [1.29, 1.82) is 0 Å². The molecule has 0 aromatic heterocycles. The van der Waals surface area contributed by atoms with Crippen LogP contribution in [0.3, 0.4) is 0 Å². The number of hydrogen-bond donors (Lipinski definition) is 1. The molecule has 0 bridgehead atoms. The molecule has 0 aliphatic heterocycles. The molecule has 1 aromatic rings. The maximum absolute atomic E-state index is 9.04. The molecule has 3 heteroatoms. The van der Waals surface area contributed by atoms with Crippen LogP contribution in [-0.2, 0) is 0 Å². The fourth-order valence-electron chi connectivity index (χ4n) is 3.06. The molecular weight excluding hydrogens is 260 g/mol. The molecule has 0 fully saturated rings. The van der Waals surface area contributed by atoms with Crippen LogP contribution >= 0.6 is 0 Å². The van der Waals surface area contributed by atoms with Crippen LogP contribution in [0.15, 0.2) is 34.0 Å². The Balaban J connectivity index is 2.64. The van der Waals surface area contributed by atoms with Crippen molar-refractivity contribution >= 4 is 17.5 Å². The van der Waals surface area contributed by atoms with Crippen molar-refractivity contribution in [1.82, 2.24) is 0 Å². The number of anilines is 1. The highest BCUT2D eigenvalue weighted by Gasteiger charge is 2.20. The van der Waals surface area contributed by atoms with E-state index in [0.29, 0.717) is 0 Å². The van der Waals surface area contributed by atoms with E-state index in [0.717, 1.165) is 23.2 Å². The Morgan fingerprint density at radius 1 is 1.10 bits per heavy atom. The van der Waals surface area contributed by atoms with Crippen molar-refractivity contribution in [2.75, 3.05) is 19.0 Å². The smallest absolute Gasteiger partial charge is 0.0743 e. The Morgan fingerprint density at radius 2 is 1.76 bits per heavy atom. The van der Waals surface area contributed by atoms with Crippen molar-refractivity contribution in [2.24, 2.45) is 5.16 Å². The molecule has 0 amide bonds. The lowest BCUT2D eigenvalue weighted by molar-refractivity contribution is 0.322. The highest BCUT2D eigenvalue weighted by atomic mass is 16.4. The molecule has 0 saturated carbocycles. The van der Waals surface area contributed by atoms with Gasteiger partial charge in [0.15, 0.2) is 0 Å². The monoisotopic (exact) mass is 284 g/mol. The molecule has 3 nitrogen and oxygen atoms in total. The molecule has 0 unspecified atom stereocenters. The standard InChI is InChI=1S/C18H24N2O/c1-11-9-16(13(3)12(11)2)15-7-8-18(20(5)6)14(4)17(15)10-19-21/h7-8,10,21H,9H2,1-6H3. The summed E-state index contributed by atoms with van der Waals surface area (Å²) in [6.07, 6.45) is 2.53. The Bertz CT molecular complexity index is 664. The van der Waals surface area contributed by atoms with Crippen molar-refractivity contribution in [3.63, 3.8) is 0 Å². The van der Waals surface area contributed by atoms with Gasteiger partial charge >= 0.3 is 0 Å². The van der Waals surface area contributed by atoms with Gasteiger partial charge in [0.25, 0.3) is 0 Å². The number of oxime groups is 1. The Hall–Kier alpha value is -2.03. The van der Waals surface area contributed by atoms with E-state index in [1.54, 1.807) is 6.21 Å². The lowest BCUT2D eigenvalue weighted by Gasteiger charge is -2.20. The number of benzene rings is 1. The van der Waals surface area contributed by atoms with Gasteiger partial charge in [-0.1, -0.05) is 16.8 Å². The molecule has 0 radical (unpaired) electrons. The molecule has 1 aromatic carbocycles. The highest BCUT2D eigenvalue weighted by molar-refractivity contribution is 5.94. The first-order valence-corrected chi connectivity index (χ1v) is 7.23. The van der Waals surface area contributed by atoms with Crippen LogP contribution in [0.1, 0.15) is 43.9 Å². The first-order chi connectivity index (χ1) is 9.88. The first kappa shape index (κ1) is 15.4. The molecule has 112 valence electrons. The van der Waals surface area contributed by atoms with E-state index in [-0.39, 0.29) is 0 Å². The average molecular weight is 284 g/mol. The van der Waals surface area contributed by atoms with Crippen LogP contribution in [-0.4, -0.2) is 25.5 Å². The van der Waals surface area contributed by atoms with Crippen LogP contribution < -0.4 is 4.90 Å². The number of nitrogens with zero attached hydrogens (tertiary/aromatic N) is 2. The van der Waals surface area contributed by atoms with Gasteiger partial charge < -0.3 is 10.1 Å². The van der Waals surface area contributed by atoms with Gasteiger partial charge in [0.2, 0.25) is 0 Å². The normalized spacial score (nSPS) is 15.5. The van der Waals surface area contributed by atoms with Gasteiger partial charge in [0.05, 0.1) is 6.21 Å². The third kappa shape index (κ3) is 2.60. The minimum absolute atomic E-state index is 0.977. The van der Waals surface area contributed by atoms with Crippen molar-refractivity contribution in [3.05, 3.63) is 45.5 Å². The third-order valence-electron chi connectivity index (χ3n) is 4.58. The maximum Gasteiger partial charge on any atom is 0.0743 e. The summed E-state index contributed by atoms with van der Waals surface area (Å²) in [5.74, 6) is 0. The van der Waals surface area contributed by atoms with Gasteiger partial charge in [-0.25, -0.2) is 0 Å². The summed E-state index contributed by atoms with van der Waals surface area (Å²) in [4.78, 5) is 2.08. The molecule has 2 rings (SSSR count). The summed E-state index contributed by atoms with van der Waals surface area (Å²) in [5, 5.41) is 12.3. The van der Waals surface area contributed by atoms with E-state index < -0.39 is 0 Å². The van der Waals surface area contributed by atoms with Crippen LogP contribution in [0.2, 0.25) is 0 Å². The second-order valence-corrected chi connectivity index (χ2v) is 6.00. The summed E-state index contributed by atoms with van der Waals surface area (Å²) in [7, 11) is 4.05. The lowest BCUT2D eigenvalue weighted by Crippen LogP contribution is -2.12. The van der Waals surface area contributed by atoms with Gasteiger partial charge in [-0.3, -0.25) is 0 Å². The molecule has 1 N–H and O–H groups in total. The summed E-state index contributed by atoms with van der Waals surface area (Å²) >= 11 is 0. The molecular formula is C18H24N2O. The first-order valence-electron chi connectivity index (χ1n) is 7.23. The topological polar surface area (TPSA) is 35.8 Å². The van der Waals surface area contributed by atoms with E-state index >= 15 is 0 Å². The molecule has 0 spiro atoms. The van der Waals surface area contributed by atoms with E-state index in [1.165, 1.54) is 27.9 Å². The van der Waals surface area contributed by atoms with Gasteiger partial charge in [-0.15, -0.1) is 0 Å². The van der Waals surface area contributed by atoms with Crippen molar-refractivity contribution in [2.45, 2.75) is 34.1 Å². The zero-order valence-corrected chi connectivity index (χ0v) is 13.8. The van der Waals surface area contributed by atoms with Crippen molar-refractivity contribution in [3.8, 4) is 0 Å². The third-order valence-corrected chi connectivity index (χ3v) is 4.58. The zero-order chi connectivity index (χ0) is 15.7. The summed E-state index contributed by atoms with van der Waals surface area (Å²) in [6.45, 7) is 8.62. The van der Waals surface area contributed by atoms with Crippen molar-refractivity contribution < 1.29 is 5.21 Å². The average Bonchev–Trinajstić information content (AvgIpc) is 2.68. The Morgan fingerprint density at radius 3 is 2.24 bits per heavy atom. The predicted octanol–water partition coefficient (Wildman–Crippen LogP) is 4.38. The molecule has 1 aliphatic carbocycles. The molecule has 0 heterocycles. The number of allylic oxidation sites excluding steroid dienone is 4. The summed E-state index contributed by atoms with van der Waals surface area (Å²) in [5.41, 5.74) is 9.94. The SMILES string of the molecule is CC1=C(C)C(C)=C(c2ccc(N(C)C)c(C)c2C=NO)C1. The molecule has 0 saturated heterocycles. The summed E-state index contributed by atoms with van der Waals surface area (Å²) in [6, 6.07) is 4.28. The Labute approximate surface area is 127 Å².